The maximum Gasteiger partial charge on any atom is 0.230 e. The van der Waals surface area contributed by atoms with Gasteiger partial charge < -0.3 is 5.32 Å². The van der Waals surface area contributed by atoms with E-state index >= 15 is 0 Å². The Bertz CT molecular complexity index is 852. The number of hydrogen-bond donors (Lipinski definition) is 1. The summed E-state index contributed by atoms with van der Waals surface area (Å²) < 4.78 is 25.5. The van der Waals surface area contributed by atoms with Crippen molar-refractivity contribution in [3.05, 3.63) is 18.2 Å². The molecule has 1 amide bonds. The zero-order valence-corrected chi connectivity index (χ0v) is 16.3. The van der Waals surface area contributed by atoms with Crippen LogP contribution in [-0.2, 0) is 14.6 Å². The second kappa shape index (κ2) is 6.80. The fourth-order valence-electron chi connectivity index (χ4n) is 2.09. The van der Waals surface area contributed by atoms with Crippen LogP contribution in [0.5, 0.6) is 0 Å². The average molecular weight is 369 g/mol. The smallest absolute Gasteiger partial charge is 0.230 e. The molecule has 0 aliphatic rings. The number of nitrogens with one attached hydrogen (secondary N) is 1. The van der Waals surface area contributed by atoms with E-state index in [1.165, 1.54) is 0 Å². The first-order chi connectivity index (χ1) is 11.0. The van der Waals surface area contributed by atoms with Gasteiger partial charge in [-0.2, -0.15) is 0 Å². The molecular formula is C17H24N2O3S2. The predicted molar refractivity (Wildman–Crippen MR) is 99.2 cm³/mol. The number of nitrogens with zero attached hydrogens (tertiary/aromatic N) is 1. The number of rotatable bonds is 6. The molecule has 24 heavy (non-hydrogen) atoms. The first kappa shape index (κ1) is 18.9. The number of fused-ring (bicyclic) bond motifs is 1. The number of sulfone groups is 1. The quantitative estimate of drug-likeness (QED) is 0.833. The molecule has 7 heteroatoms. The highest BCUT2D eigenvalue weighted by molar-refractivity contribution is 7.93. The Morgan fingerprint density at radius 1 is 1.33 bits per heavy atom. The largest absolute Gasteiger partial charge is 0.326 e. The van der Waals surface area contributed by atoms with E-state index < -0.39 is 15.3 Å². The Labute approximate surface area is 147 Å². The lowest BCUT2D eigenvalue weighted by molar-refractivity contribution is -0.124. The highest BCUT2D eigenvalue weighted by atomic mass is 32.2. The molecule has 0 saturated heterocycles. The van der Waals surface area contributed by atoms with Gasteiger partial charge in [0.15, 0.2) is 0 Å². The predicted octanol–water partition coefficient (Wildman–Crippen LogP) is 4.10. The molecule has 0 aliphatic carbocycles. The van der Waals surface area contributed by atoms with Gasteiger partial charge in [-0.1, -0.05) is 34.6 Å². The highest BCUT2D eigenvalue weighted by Crippen LogP contribution is 2.30. The standard InChI is InChI=1S/C17H24N2O3S2/c1-6-17(4,5)15(20)18-12-7-8-13-14(9-12)23-16(19-13)24(21,22)10-11(2)3/h7-9,11H,6,10H2,1-5H3,(H,18,20). The summed E-state index contributed by atoms with van der Waals surface area (Å²) in [5.74, 6) is 0.0795. The summed E-state index contributed by atoms with van der Waals surface area (Å²) in [4.78, 5) is 16.5. The lowest BCUT2D eigenvalue weighted by Gasteiger charge is -2.21. The maximum atomic E-state index is 12.3. The van der Waals surface area contributed by atoms with Crippen molar-refractivity contribution in [1.82, 2.24) is 4.98 Å². The van der Waals surface area contributed by atoms with Crippen molar-refractivity contribution >= 4 is 43.0 Å². The van der Waals surface area contributed by atoms with Gasteiger partial charge in [-0.25, -0.2) is 13.4 Å². The Balaban J connectivity index is 2.31. The Morgan fingerprint density at radius 2 is 2.00 bits per heavy atom. The van der Waals surface area contributed by atoms with Crippen LogP contribution in [0, 0.1) is 11.3 Å². The SMILES string of the molecule is CCC(C)(C)C(=O)Nc1ccc2nc(S(=O)(=O)CC(C)C)sc2c1. The molecule has 0 spiro atoms. The average Bonchev–Trinajstić information content (AvgIpc) is 2.90. The van der Waals surface area contributed by atoms with E-state index in [0.717, 1.165) is 22.5 Å². The van der Waals surface area contributed by atoms with E-state index in [9.17, 15) is 13.2 Å². The van der Waals surface area contributed by atoms with Crippen molar-refractivity contribution in [2.75, 3.05) is 11.1 Å². The molecule has 0 aliphatic heterocycles. The topological polar surface area (TPSA) is 76.1 Å². The van der Waals surface area contributed by atoms with Gasteiger partial charge in [0.25, 0.3) is 0 Å². The molecule has 132 valence electrons. The van der Waals surface area contributed by atoms with Gasteiger partial charge in [0, 0.05) is 11.1 Å². The number of aromatic nitrogens is 1. The van der Waals surface area contributed by atoms with Crippen LogP contribution in [0.2, 0.25) is 0 Å². The summed E-state index contributed by atoms with van der Waals surface area (Å²) >= 11 is 1.15. The van der Waals surface area contributed by atoms with E-state index in [1.54, 1.807) is 18.2 Å². The summed E-state index contributed by atoms with van der Waals surface area (Å²) in [6.07, 6.45) is 0.735. The molecular weight excluding hydrogens is 344 g/mol. The van der Waals surface area contributed by atoms with Gasteiger partial charge in [0.05, 0.1) is 16.0 Å². The van der Waals surface area contributed by atoms with Crippen molar-refractivity contribution in [3.8, 4) is 0 Å². The fraction of sp³-hybridized carbons (Fsp3) is 0.529. The van der Waals surface area contributed by atoms with Crippen LogP contribution in [0.25, 0.3) is 10.2 Å². The van der Waals surface area contributed by atoms with Crippen LogP contribution in [0.3, 0.4) is 0 Å². The van der Waals surface area contributed by atoms with Crippen molar-refractivity contribution in [2.24, 2.45) is 11.3 Å². The molecule has 1 aromatic heterocycles. The molecule has 2 aromatic rings. The zero-order chi connectivity index (χ0) is 18.1. The summed E-state index contributed by atoms with van der Waals surface area (Å²) in [5, 5.41) is 2.90. The third-order valence-corrected chi connectivity index (χ3v) is 7.50. The molecule has 1 heterocycles. The minimum atomic E-state index is -3.36. The first-order valence-corrected chi connectivity index (χ1v) is 10.5. The van der Waals surface area contributed by atoms with Crippen LogP contribution in [0.4, 0.5) is 5.69 Å². The highest BCUT2D eigenvalue weighted by Gasteiger charge is 2.25. The summed E-state index contributed by atoms with van der Waals surface area (Å²) in [6, 6.07) is 5.28. The van der Waals surface area contributed by atoms with Crippen molar-refractivity contribution in [3.63, 3.8) is 0 Å². The molecule has 1 N–H and O–H groups in total. The van der Waals surface area contributed by atoms with Crippen LogP contribution < -0.4 is 5.32 Å². The molecule has 0 atom stereocenters. The summed E-state index contributed by atoms with van der Waals surface area (Å²) in [5.41, 5.74) is 0.842. The zero-order valence-electron chi connectivity index (χ0n) is 14.7. The normalized spacial score (nSPS) is 12.8. The van der Waals surface area contributed by atoms with E-state index in [0.29, 0.717) is 11.2 Å². The van der Waals surface area contributed by atoms with Crippen LogP contribution in [0.1, 0.15) is 41.0 Å². The molecule has 1 aromatic carbocycles. The second-order valence-electron chi connectivity index (χ2n) is 7.03. The molecule has 0 unspecified atom stereocenters. The van der Waals surface area contributed by atoms with Gasteiger partial charge in [-0.15, -0.1) is 11.3 Å². The van der Waals surface area contributed by atoms with E-state index in [-0.39, 0.29) is 21.9 Å². The molecule has 0 bridgehead atoms. The van der Waals surface area contributed by atoms with Crippen LogP contribution in [-0.4, -0.2) is 25.1 Å². The van der Waals surface area contributed by atoms with Crippen LogP contribution >= 0.6 is 11.3 Å². The van der Waals surface area contributed by atoms with Crippen molar-refractivity contribution in [1.29, 1.82) is 0 Å². The third-order valence-electron chi connectivity index (χ3n) is 3.94. The minimum absolute atomic E-state index is 0.0492. The summed E-state index contributed by atoms with van der Waals surface area (Å²) in [6.45, 7) is 9.49. The van der Waals surface area contributed by atoms with Gasteiger partial charge in [0.2, 0.25) is 20.1 Å². The van der Waals surface area contributed by atoms with Gasteiger partial charge in [-0.05, 0) is 30.5 Å². The van der Waals surface area contributed by atoms with Gasteiger partial charge >= 0.3 is 0 Å². The fourth-order valence-corrected chi connectivity index (χ4v) is 5.06. The maximum absolute atomic E-state index is 12.3. The van der Waals surface area contributed by atoms with Gasteiger partial charge in [0.1, 0.15) is 0 Å². The number of anilines is 1. The van der Waals surface area contributed by atoms with E-state index in [4.69, 9.17) is 0 Å². The number of carbonyl (C=O) groups is 1. The second-order valence-corrected chi connectivity index (χ2v) is 10.3. The Kier molecular flexibility index (Phi) is 5.34. The molecule has 5 nitrogen and oxygen atoms in total. The molecule has 0 fully saturated rings. The monoisotopic (exact) mass is 368 g/mol. The lowest BCUT2D eigenvalue weighted by atomic mass is 9.89. The molecule has 2 rings (SSSR count). The third kappa shape index (κ3) is 4.13. The van der Waals surface area contributed by atoms with Crippen molar-refractivity contribution in [2.45, 2.75) is 45.4 Å². The van der Waals surface area contributed by atoms with E-state index in [2.05, 4.69) is 10.3 Å². The number of hydrogen-bond acceptors (Lipinski definition) is 5. The van der Waals surface area contributed by atoms with Crippen LogP contribution in [0.15, 0.2) is 22.5 Å². The molecule has 0 saturated carbocycles. The number of benzene rings is 1. The minimum Gasteiger partial charge on any atom is -0.326 e. The first-order valence-electron chi connectivity index (χ1n) is 8.00. The van der Waals surface area contributed by atoms with E-state index in [1.807, 2.05) is 34.6 Å². The van der Waals surface area contributed by atoms with Crippen molar-refractivity contribution < 1.29 is 13.2 Å². The Hall–Kier alpha value is -1.47. The Morgan fingerprint density at radius 3 is 2.58 bits per heavy atom. The number of amides is 1. The molecule has 0 radical (unpaired) electrons. The number of thiazole rings is 1. The summed E-state index contributed by atoms with van der Waals surface area (Å²) in [7, 11) is -3.36. The number of carbonyl (C=O) groups excluding carboxylic acids is 1. The van der Waals surface area contributed by atoms with Gasteiger partial charge in [-0.3, -0.25) is 4.79 Å². The lowest BCUT2D eigenvalue weighted by Crippen LogP contribution is -2.29.